The highest BCUT2D eigenvalue weighted by atomic mass is 19.1. The predicted octanol–water partition coefficient (Wildman–Crippen LogP) is 3.88. The summed E-state index contributed by atoms with van der Waals surface area (Å²) in [6.07, 6.45) is 3.57. The van der Waals surface area contributed by atoms with Gasteiger partial charge in [-0.25, -0.2) is 8.78 Å². The van der Waals surface area contributed by atoms with Crippen molar-refractivity contribution in [3.05, 3.63) is 35.4 Å². The SMILES string of the molecule is CCC1CCC(NCc2cc(F)ccc2F)C1C. The van der Waals surface area contributed by atoms with Crippen molar-refractivity contribution in [3.8, 4) is 0 Å². The van der Waals surface area contributed by atoms with E-state index in [-0.39, 0.29) is 11.6 Å². The summed E-state index contributed by atoms with van der Waals surface area (Å²) in [5.41, 5.74) is 0.419. The van der Waals surface area contributed by atoms with Crippen LogP contribution in [0.1, 0.15) is 38.7 Å². The summed E-state index contributed by atoms with van der Waals surface area (Å²) in [7, 11) is 0. The first kappa shape index (κ1) is 13.5. The van der Waals surface area contributed by atoms with Crippen molar-refractivity contribution in [1.82, 2.24) is 5.32 Å². The number of nitrogens with one attached hydrogen (secondary N) is 1. The summed E-state index contributed by atoms with van der Waals surface area (Å²) in [6.45, 7) is 4.88. The Labute approximate surface area is 108 Å². The van der Waals surface area contributed by atoms with Crippen molar-refractivity contribution >= 4 is 0 Å². The lowest BCUT2D eigenvalue weighted by molar-refractivity contribution is 0.343. The van der Waals surface area contributed by atoms with E-state index in [1.165, 1.54) is 25.0 Å². The summed E-state index contributed by atoms with van der Waals surface area (Å²) in [6, 6.07) is 4.06. The maximum atomic E-state index is 13.5. The van der Waals surface area contributed by atoms with Gasteiger partial charge in [-0.1, -0.05) is 20.3 Å². The van der Waals surface area contributed by atoms with Gasteiger partial charge in [0.25, 0.3) is 0 Å². The zero-order valence-corrected chi connectivity index (χ0v) is 11.0. The van der Waals surface area contributed by atoms with Crippen LogP contribution in [0.2, 0.25) is 0 Å². The molecule has 1 aliphatic carbocycles. The maximum absolute atomic E-state index is 13.5. The molecule has 0 saturated heterocycles. The summed E-state index contributed by atoms with van der Waals surface area (Å²) < 4.78 is 26.5. The Balaban J connectivity index is 1.94. The fraction of sp³-hybridized carbons (Fsp3) is 0.600. The highest BCUT2D eigenvalue weighted by Gasteiger charge is 2.30. The van der Waals surface area contributed by atoms with Crippen LogP contribution in [0, 0.1) is 23.5 Å². The lowest BCUT2D eigenvalue weighted by Crippen LogP contribution is -2.32. The van der Waals surface area contributed by atoms with Crippen molar-refractivity contribution in [2.45, 2.75) is 45.7 Å². The number of hydrogen-bond acceptors (Lipinski definition) is 1. The summed E-state index contributed by atoms with van der Waals surface area (Å²) in [4.78, 5) is 0. The van der Waals surface area contributed by atoms with Crippen LogP contribution in [0.3, 0.4) is 0 Å². The highest BCUT2D eigenvalue weighted by Crippen LogP contribution is 2.34. The van der Waals surface area contributed by atoms with E-state index in [1.807, 2.05) is 0 Å². The monoisotopic (exact) mass is 253 g/mol. The molecule has 3 heteroatoms. The Morgan fingerprint density at radius 3 is 2.72 bits per heavy atom. The Morgan fingerprint density at radius 2 is 2.06 bits per heavy atom. The second-order valence-electron chi connectivity index (χ2n) is 5.33. The fourth-order valence-corrected chi connectivity index (χ4v) is 3.03. The minimum Gasteiger partial charge on any atom is -0.310 e. The van der Waals surface area contributed by atoms with Gasteiger partial charge in [0.1, 0.15) is 11.6 Å². The molecule has 0 aliphatic heterocycles. The van der Waals surface area contributed by atoms with Crippen LogP contribution in [-0.2, 0) is 6.54 Å². The molecule has 18 heavy (non-hydrogen) atoms. The Kier molecular flexibility index (Phi) is 4.33. The van der Waals surface area contributed by atoms with Gasteiger partial charge in [-0.15, -0.1) is 0 Å². The number of hydrogen-bond donors (Lipinski definition) is 1. The molecule has 3 atom stereocenters. The van der Waals surface area contributed by atoms with E-state index in [0.717, 1.165) is 18.4 Å². The zero-order chi connectivity index (χ0) is 13.1. The molecule has 0 amide bonds. The van der Waals surface area contributed by atoms with Gasteiger partial charge in [0.05, 0.1) is 0 Å². The van der Waals surface area contributed by atoms with Crippen LogP contribution in [0.4, 0.5) is 8.78 Å². The minimum absolute atomic E-state index is 0.332. The van der Waals surface area contributed by atoms with Gasteiger partial charge >= 0.3 is 0 Å². The van der Waals surface area contributed by atoms with Gasteiger partial charge < -0.3 is 5.32 Å². The van der Waals surface area contributed by atoms with Crippen LogP contribution in [0.5, 0.6) is 0 Å². The summed E-state index contributed by atoms with van der Waals surface area (Å²) in [5.74, 6) is 0.673. The van der Waals surface area contributed by atoms with Gasteiger partial charge in [0, 0.05) is 18.2 Å². The minimum atomic E-state index is -0.376. The second kappa shape index (κ2) is 5.79. The number of benzene rings is 1. The first-order valence-corrected chi connectivity index (χ1v) is 6.79. The third-order valence-electron chi connectivity index (χ3n) is 4.31. The third kappa shape index (κ3) is 2.89. The molecule has 1 fully saturated rings. The van der Waals surface area contributed by atoms with Gasteiger partial charge in [-0.3, -0.25) is 0 Å². The van der Waals surface area contributed by atoms with Gasteiger partial charge in [0.2, 0.25) is 0 Å². The standard InChI is InChI=1S/C15H21F2N/c1-3-11-4-7-15(10(11)2)18-9-12-8-13(16)5-6-14(12)17/h5-6,8,10-11,15,18H,3-4,7,9H2,1-2H3. The molecular weight excluding hydrogens is 232 g/mol. The Morgan fingerprint density at radius 1 is 1.28 bits per heavy atom. The van der Waals surface area contributed by atoms with Gasteiger partial charge in [-0.05, 0) is 42.9 Å². The third-order valence-corrected chi connectivity index (χ3v) is 4.31. The molecule has 0 spiro atoms. The van der Waals surface area contributed by atoms with E-state index in [4.69, 9.17) is 0 Å². The molecule has 0 aromatic heterocycles. The summed E-state index contributed by atoms with van der Waals surface area (Å²) in [5, 5.41) is 3.37. The smallest absolute Gasteiger partial charge is 0.127 e. The highest BCUT2D eigenvalue weighted by molar-refractivity contribution is 5.18. The van der Waals surface area contributed by atoms with E-state index >= 15 is 0 Å². The molecule has 1 aromatic rings. The molecule has 1 nitrogen and oxygen atoms in total. The molecule has 1 saturated carbocycles. The van der Waals surface area contributed by atoms with Crippen molar-refractivity contribution in [3.63, 3.8) is 0 Å². The molecule has 1 aliphatic rings. The number of rotatable bonds is 4. The van der Waals surface area contributed by atoms with E-state index in [0.29, 0.717) is 24.1 Å². The molecule has 2 rings (SSSR count). The Bertz CT molecular complexity index is 405. The van der Waals surface area contributed by atoms with Gasteiger partial charge in [-0.2, -0.15) is 0 Å². The maximum Gasteiger partial charge on any atom is 0.127 e. The summed E-state index contributed by atoms with van der Waals surface area (Å²) >= 11 is 0. The molecule has 0 bridgehead atoms. The largest absolute Gasteiger partial charge is 0.310 e. The molecule has 0 radical (unpaired) electrons. The normalized spacial score (nSPS) is 27.7. The lowest BCUT2D eigenvalue weighted by Gasteiger charge is -2.21. The fourth-order valence-electron chi connectivity index (χ4n) is 3.03. The van der Waals surface area contributed by atoms with Gasteiger partial charge in [0.15, 0.2) is 0 Å². The molecular formula is C15H21F2N. The molecule has 1 aromatic carbocycles. The van der Waals surface area contributed by atoms with Crippen LogP contribution >= 0.6 is 0 Å². The second-order valence-corrected chi connectivity index (χ2v) is 5.33. The average Bonchev–Trinajstić information content (AvgIpc) is 2.71. The van der Waals surface area contributed by atoms with E-state index < -0.39 is 0 Å². The zero-order valence-electron chi connectivity index (χ0n) is 11.0. The Hall–Kier alpha value is -0.960. The van der Waals surface area contributed by atoms with E-state index in [2.05, 4.69) is 19.2 Å². The predicted molar refractivity (Wildman–Crippen MR) is 69.2 cm³/mol. The first-order chi connectivity index (χ1) is 8.61. The number of halogens is 2. The molecule has 1 N–H and O–H groups in total. The average molecular weight is 253 g/mol. The quantitative estimate of drug-likeness (QED) is 0.858. The van der Waals surface area contributed by atoms with Crippen LogP contribution in [0.15, 0.2) is 18.2 Å². The van der Waals surface area contributed by atoms with Crippen LogP contribution < -0.4 is 5.32 Å². The van der Waals surface area contributed by atoms with Crippen molar-refractivity contribution in [1.29, 1.82) is 0 Å². The van der Waals surface area contributed by atoms with E-state index in [9.17, 15) is 8.78 Å². The molecule has 3 unspecified atom stereocenters. The van der Waals surface area contributed by atoms with Crippen molar-refractivity contribution < 1.29 is 8.78 Å². The molecule has 100 valence electrons. The van der Waals surface area contributed by atoms with E-state index in [1.54, 1.807) is 0 Å². The van der Waals surface area contributed by atoms with Crippen molar-refractivity contribution in [2.75, 3.05) is 0 Å². The lowest BCUT2D eigenvalue weighted by atomic mass is 9.93. The topological polar surface area (TPSA) is 12.0 Å². The van der Waals surface area contributed by atoms with Crippen LogP contribution in [0.25, 0.3) is 0 Å². The first-order valence-electron chi connectivity index (χ1n) is 6.79. The van der Waals surface area contributed by atoms with Crippen LogP contribution in [-0.4, -0.2) is 6.04 Å². The van der Waals surface area contributed by atoms with Crippen molar-refractivity contribution in [2.24, 2.45) is 11.8 Å². The molecule has 0 heterocycles.